The van der Waals surface area contributed by atoms with E-state index in [0.29, 0.717) is 0 Å². The van der Waals surface area contributed by atoms with E-state index in [9.17, 15) is 13.2 Å². The van der Waals surface area contributed by atoms with Crippen molar-refractivity contribution >= 4 is 22.6 Å². The summed E-state index contributed by atoms with van der Waals surface area (Å²) in [4.78, 5) is 4.57. The first-order valence-corrected chi connectivity index (χ1v) is 8.76. The smallest absolute Gasteiger partial charge is 0.416 e. The summed E-state index contributed by atoms with van der Waals surface area (Å²) in [6, 6.07) is 4.88. The van der Waals surface area contributed by atoms with Gasteiger partial charge < -0.3 is 14.6 Å². The van der Waals surface area contributed by atoms with Crippen LogP contribution in [0.25, 0.3) is 0 Å². The summed E-state index contributed by atoms with van der Waals surface area (Å²) in [7, 11) is 0. The molecule has 24 heavy (non-hydrogen) atoms. The second kappa shape index (κ2) is 6.91. The number of halogens is 4. The average molecular weight is 451 g/mol. The van der Waals surface area contributed by atoms with Gasteiger partial charge in [-0.15, -0.1) is 0 Å². The molecule has 1 aliphatic heterocycles. The summed E-state index contributed by atoms with van der Waals surface area (Å²) < 4.78 is 47.0. The maximum Gasteiger partial charge on any atom is 0.416 e. The molecule has 0 bridgehead atoms. The topological polar surface area (TPSA) is 39.1 Å². The standard InChI is InChI=1S/C16H17F3IN3O/c1-2-13-22-15(20)14-12(21-6-7-23(13)14)9-24-11-5-3-4-10(8-11)16(17,18)19/h3-5,8,12,21H,2,6-7,9H2,1H3. The van der Waals surface area contributed by atoms with Crippen LogP contribution in [0.15, 0.2) is 24.3 Å². The Bertz CT molecular complexity index is 730. The molecule has 8 heteroatoms. The maximum atomic E-state index is 12.8. The number of alkyl halides is 3. The van der Waals surface area contributed by atoms with E-state index in [4.69, 9.17) is 4.74 Å². The van der Waals surface area contributed by atoms with Crippen molar-refractivity contribution in [2.75, 3.05) is 13.2 Å². The Morgan fingerprint density at radius 3 is 2.92 bits per heavy atom. The monoisotopic (exact) mass is 451 g/mol. The molecule has 1 unspecified atom stereocenters. The highest BCUT2D eigenvalue weighted by Crippen LogP contribution is 2.32. The van der Waals surface area contributed by atoms with Crippen molar-refractivity contribution in [2.24, 2.45) is 0 Å². The van der Waals surface area contributed by atoms with Crippen molar-refractivity contribution in [1.82, 2.24) is 14.9 Å². The largest absolute Gasteiger partial charge is 0.492 e. The van der Waals surface area contributed by atoms with Gasteiger partial charge in [0.1, 0.15) is 21.9 Å². The molecule has 1 aromatic carbocycles. The van der Waals surface area contributed by atoms with Crippen LogP contribution < -0.4 is 10.1 Å². The lowest BCUT2D eigenvalue weighted by Gasteiger charge is -2.27. The van der Waals surface area contributed by atoms with Gasteiger partial charge in [0.05, 0.1) is 17.3 Å². The molecule has 0 saturated carbocycles. The SMILES string of the molecule is CCc1nc(I)c2n1CCNC2COc1cccc(C(F)(F)F)c1. The third-order valence-corrected chi connectivity index (χ3v) is 4.79. The lowest BCUT2D eigenvalue weighted by molar-refractivity contribution is -0.137. The minimum Gasteiger partial charge on any atom is -0.492 e. The van der Waals surface area contributed by atoms with Crippen LogP contribution in [0.4, 0.5) is 13.2 Å². The Kier molecular flexibility index (Phi) is 5.05. The van der Waals surface area contributed by atoms with E-state index < -0.39 is 11.7 Å². The van der Waals surface area contributed by atoms with Gasteiger partial charge in [-0.25, -0.2) is 4.98 Å². The van der Waals surface area contributed by atoms with Crippen molar-refractivity contribution in [3.8, 4) is 5.75 Å². The first-order chi connectivity index (χ1) is 11.4. The highest BCUT2D eigenvalue weighted by Gasteiger charge is 2.31. The third kappa shape index (κ3) is 3.53. The van der Waals surface area contributed by atoms with Crippen molar-refractivity contribution in [2.45, 2.75) is 32.1 Å². The van der Waals surface area contributed by atoms with E-state index in [-0.39, 0.29) is 18.4 Å². The number of fused-ring (bicyclic) bond motifs is 1. The van der Waals surface area contributed by atoms with E-state index in [1.807, 2.05) is 0 Å². The van der Waals surface area contributed by atoms with Gasteiger partial charge in [-0.05, 0) is 40.8 Å². The summed E-state index contributed by atoms with van der Waals surface area (Å²) in [5.41, 5.74) is 0.343. The van der Waals surface area contributed by atoms with Gasteiger partial charge in [0.25, 0.3) is 0 Å². The Hall–Kier alpha value is -1.29. The van der Waals surface area contributed by atoms with E-state index in [2.05, 4.69) is 44.4 Å². The normalized spacial score (nSPS) is 17.6. The van der Waals surface area contributed by atoms with Crippen LogP contribution in [-0.4, -0.2) is 22.7 Å². The van der Waals surface area contributed by atoms with Crippen LogP contribution >= 0.6 is 22.6 Å². The van der Waals surface area contributed by atoms with Crippen molar-refractivity contribution in [3.63, 3.8) is 0 Å². The number of rotatable bonds is 4. The predicted molar refractivity (Wildman–Crippen MR) is 92.0 cm³/mol. The van der Waals surface area contributed by atoms with Crippen LogP contribution in [0, 0.1) is 3.70 Å². The molecule has 0 saturated heterocycles. The number of aromatic nitrogens is 2. The number of aryl methyl sites for hydroxylation is 1. The molecule has 0 radical (unpaired) electrons. The molecular weight excluding hydrogens is 434 g/mol. The highest BCUT2D eigenvalue weighted by atomic mass is 127. The fourth-order valence-corrected chi connectivity index (χ4v) is 3.81. The maximum absolute atomic E-state index is 12.8. The Balaban J connectivity index is 1.76. The van der Waals surface area contributed by atoms with Crippen LogP contribution in [0.2, 0.25) is 0 Å². The zero-order valence-electron chi connectivity index (χ0n) is 13.0. The summed E-state index contributed by atoms with van der Waals surface area (Å²) in [5, 5.41) is 3.36. The summed E-state index contributed by atoms with van der Waals surface area (Å²) >= 11 is 2.20. The first-order valence-electron chi connectivity index (χ1n) is 7.68. The average Bonchev–Trinajstić information content (AvgIpc) is 2.89. The van der Waals surface area contributed by atoms with E-state index in [1.165, 1.54) is 12.1 Å². The highest BCUT2D eigenvalue weighted by molar-refractivity contribution is 14.1. The van der Waals surface area contributed by atoms with Gasteiger partial charge >= 0.3 is 6.18 Å². The zero-order valence-corrected chi connectivity index (χ0v) is 15.2. The van der Waals surface area contributed by atoms with Crippen molar-refractivity contribution < 1.29 is 17.9 Å². The lowest BCUT2D eigenvalue weighted by atomic mass is 10.2. The molecule has 1 aliphatic rings. The molecule has 1 aromatic heterocycles. The number of hydrogen-bond acceptors (Lipinski definition) is 3. The van der Waals surface area contributed by atoms with E-state index in [0.717, 1.165) is 46.9 Å². The number of benzene rings is 1. The van der Waals surface area contributed by atoms with E-state index >= 15 is 0 Å². The van der Waals surface area contributed by atoms with Gasteiger partial charge in [-0.2, -0.15) is 13.2 Å². The molecule has 2 heterocycles. The minimum atomic E-state index is -4.37. The third-order valence-electron chi connectivity index (χ3n) is 3.99. The van der Waals surface area contributed by atoms with Gasteiger partial charge in [-0.3, -0.25) is 0 Å². The zero-order chi connectivity index (χ0) is 17.3. The molecule has 3 rings (SSSR count). The summed E-state index contributed by atoms with van der Waals surface area (Å²) in [6.45, 7) is 3.94. The lowest BCUT2D eigenvalue weighted by Crippen LogP contribution is -2.37. The molecular formula is C16H17F3IN3O. The fourth-order valence-electron chi connectivity index (χ4n) is 2.86. The summed E-state index contributed by atoms with van der Waals surface area (Å²) in [5.74, 6) is 1.24. The molecule has 0 spiro atoms. The number of nitrogens with one attached hydrogen (secondary N) is 1. The molecule has 1 N–H and O–H groups in total. The molecule has 0 aliphatic carbocycles. The molecule has 1 atom stereocenters. The van der Waals surface area contributed by atoms with E-state index in [1.54, 1.807) is 0 Å². The molecule has 2 aromatic rings. The van der Waals surface area contributed by atoms with Crippen molar-refractivity contribution in [3.05, 3.63) is 45.0 Å². The molecule has 0 amide bonds. The summed E-state index contributed by atoms with van der Waals surface area (Å²) in [6.07, 6.45) is -3.52. The minimum absolute atomic E-state index is 0.0898. The number of imidazole rings is 1. The first kappa shape index (κ1) is 17.5. The Labute approximate surface area is 151 Å². The number of hydrogen-bond donors (Lipinski definition) is 1. The number of ether oxygens (including phenoxy) is 1. The number of nitrogens with zero attached hydrogens (tertiary/aromatic N) is 2. The second-order valence-electron chi connectivity index (χ2n) is 5.55. The van der Waals surface area contributed by atoms with Gasteiger partial charge in [0, 0.05) is 19.5 Å². The fraction of sp³-hybridized carbons (Fsp3) is 0.438. The Morgan fingerprint density at radius 2 is 2.21 bits per heavy atom. The van der Waals surface area contributed by atoms with Crippen LogP contribution in [-0.2, 0) is 19.1 Å². The molecule has 0 fully saturated rings. The predicted octanol–water partition coefficient (Wildman–Crippen LogP) is 3.79. The Morgan fingerprint density at radius 1 is 1.42 bits per heavy atom. The quantitative estimate of drug-likeness (QED) is 0.720. The second-order valence-corrected chi connectivity index (χ2v) is 6.57. The van der Waals surface area contributed by atoms with Crippen molar-refractivity contribution in [1.29, 1.82) is 0 Å². The van der Waals surface area contributed by atoms with Gasteiger partial charge in [-0.1, -0.05) is 13.0 Å². The molecule has 4 nitrogen and oxygen atoms in total. The van der Waals surface area contributed by atoms with Crippen LogP contribution in [0.1, 0.15) is 30.0 Å². The van der Waals surface area contributed by atoms with Gasteiger partial charge in [0.2, 0.25) is 0 Å². The van der Waals surface area contributed by atoms with Crippen LogP contribution in [0.5, 0.6) is 5.75 Å². The van der Waals surface area contributed by atoms with Gasteiger partial charge in [0.15, 0.2) is 0 Å². The van der Waals surface area contributed by atoms with Crippen LogP contribution in [0.3, 0.4) is 0 Å². The molecule has 130 valence electrons.